The number of carbonyl (C=O) groups excluding carboxylic acids is 1. The van der Waals surface area contributed by atoms with Gasteiger partial charge in [0.25, 0.3) is 5.91 Å². The quantitative estimate of drug-likeness (QED) is 0.850. The van der Waals surface area contributed by atoms with Gasteiger partial charge in [-0.1, -0.05) is 16.1 Å². The van der Waals surface area contributed by atoms with Crippen LogP contribution in [0, 0.1) is 6.92 Å². The van der Waals surface area contributed by atoms with Crippen molar-refractivity contribution in [2.45, 2.75) is 25.9 Å². The number of aryl methyl sites for hydroxylation is 1. The molecule has 1 aliphatic rings. The first kappa shape index (κ1) is 15.1. The van der Waals surface area contributed by atoms with Crippen LogP contribution < -0.4 is 4.74 Å². The van der Waals surface area contributed by atoms with Gasteiger partial charge in [0.05, 0.1) is 29.7 Å². The molecule has 1 atom stereocenters. The Morgan fingerprint density at radius 2 is 2.23 bits per heavy atom. The molecule has 1 fully saturated rings. The predicted molar refractivity (Wildman–Crippen MR) is 81.2 cm³/mol. The maximum atomic E-state index is 12.5. The summed E-state index contributed by atoms with van der Waals surface area (Å²) in [5.41, 5.74) is 0.666. The van der Waals surface area contributed by atoms with Gasteiger partial charge in [-0.05, 0) is 31.3 Å². The molecule has 3 rings (SSSR count). The summed E-state index contributed by atoms with van der Waals surface area (Å²) in [5.74, 6) is -0.0437. The monoisotopic (exact) mass is 339 g/mol. The molecule has 1 amide bonds. The van der Waals surface area contributed by atoms with E-state index in [1.54, 1.807) is 11.8 Å². The van der Waals surface area contributed by atoms with Crippen LogP contribution in [0.3, 0.4) is 0 Å². The van der Waals surface area contributed by atoms with Crippen molar-refractivity contribution in [1.29, 1.82) is 0 Å². The summed E-state index contributed by atoms with van der Waals surface area (Å²) in [7, 11) is 0. The topological polar surface area (TPSA) is 81.1 Å². The molecule has 0 bridgehead atoms. The fraction of sp³-hybridized carbons (Fsp3) is 0.462. The number of piperidine rings is 1. The first-order chi connectivity index (χ1) is 10.6. The summed E-state index contributed by atoms with van der Waals surface area (Å²) in [5, 5.41) is 4.34. The van der Waals surface area contributed by atoms with Crippen molar-refractivity contribution in [3.8, 4) is 6.01 Å². The van der Waals surface area contributed by atoms with Crippen molar-refractivity contribution in [2.24, 2.45) is 0 Å². The van der Waals surface area contributed by atoms with Crippen molar-refractivity contribution in [2.75, 3.05) is 13.1 Å². The van der Waals surface area contributed by atoms with Crippen LogP contribution in [0.25, 0.3) is 0 Å². The Labute approximate surface area is 136 Å². The van der Waals surface area contributed by atoms with Crippen LogP contribution in [0.4, 0.5) is 0 Å². The van der Waals surface area contributed by atoms with Crippen molar-refractivity contribution >= 4 is 29.0 Å². The zero-order valence-electron chi connectivity index (χ0n) is 11.9. The first-order valence-corrected chi connectivity index (χ1v) is 8.01. The minimum absolute atomic E-state index is 0.0437. The van der Waals surface area contributed by atoms with Crippen LogP contribution >= 0.6 is 23.1 Å². The van der Waals surface area contributed by atoms with Crippen molar-refractivity contribution in [3.05, 3.63) is 28.0 Å². The van der Waals surface area contributed by atoms with E-state index in [9.17, 15) is 4.79 Å². The highest BCUT2D eigenvalue weighted by molar-refractivity contribution is 7.07. The number of aromatic nitrogens is 4. The molecule has 0 radical (unpaired) electrons. The highest BCUT2D eigenvalue weighted by atomic mass is 35.5. The number of carbonyl (C=O) groups is 1. The lowest BCUT2D eigenvalue weighted by Gasteiger charge is -2.32. The molecule has 1 saturated heterocycles. The van der Waals surface area contributed by atoms with E-state index in [1.165, 1.54) is 12.4 Å². The molecule has 2 aromatic heterocycles. The van der Waals surface area contributed by atoms with Gasteiger partial charge in [-0.15, -0.1) is 5.10 Å². The van der Waals surface area contributed by atoms with Gasteiger partial charge >= 0.3 is 6.01 Å². The minimum Gasteiger partial charge on any atom is -0.458 e. The Morgan fingerprint density at radius 1 is 1.45 bits per heavy atom. The maximum absolute atomic E-state index is 12.5. The molecule has 0 aliphatic carbocycles. The zero-order valence-corrected chi connectivity index (χ0v) is 13.5. The van der Waals surface area contributed by atoms with Crippen molar-refractivity contribution in [3.63, 3.8) is 0 Å². The molecule has 1 unspecified atom stereocenters. The van der Waals surface area contributed by atoms with Gasteiger partial charge in [0, 0.05) is 6.54 Å². The number of amides is 1. The highest BCUT2D eigenvalue weighted by Crippen LogP contribution is 2.20. The van der Waals surface area contributed by atoms with E-state index in [-0.39, 0.29) is 18.0 Å². The standard InChI is InChI=1S/C13H14ClN5O2S/c1-8-11(22-18-17-8)12(20)19-4-2-3-10(7-19)21-13-15-5-9(14)6-16-13/h5-6,10H,2-4,7H2,1H3. The summed E-state index contributed by atoms with van der Waals surface area (Å²) < 4.78 is 9.55. The van der Waals surface area contributed by atoms with Gasteiger partial charge < -0.3 is 9.64 Å². The maximum Gasteiger partial charge on any atom is 0.316 e. The van der Waals surface area contributed by atoms with Gasteiger partial charge in [-0.3, -0.25) is 4.79 Å². The predicted octanol–water partition coefficient (Wildman–Crippen LogP) is 1.97. The Hall–Kier alpha value is -1.80. The van der Waals surface area contributed by atoms with Crippen LogP contribution in [0.5, 0.6) is 6.01 Å². The molecule has 0 saturated carbocycles. The van der Waals surface area contributed by atoms with E-state index < -0.39 is 0 Å². The number of hydrogen-bond donors (Lipinski definition) is 0. The minimum atomic E-state index is -0.125. The molecule has 9 heteroatoms. The number of rotatable bonds is 3. The smallest absolute Gasteiger partial charge is 0.316 e. The lowest BCUT2D eigenvalue weighted by molar-refractivity contribution is 0.0519. The van der Waals surface area contributed by atoms with Gasteiger partial charge in [0.15, 0.2) is 0 Å². The second-order valence-electron chi connectivity index (χ2n) is 5.00. The number of hydrogen-bond acceptors (Lipinski definition) is 7. The SMILES string of the molecule is Cc1nnsc1C(=O)N1CCCC(Oc2ncc(Cl)cn2)C1. The van der Waals surface area contributed by atoms with E-state index in [0.29, 0.717) is 28.7 Å². The normalized spacial score (nSPS) is 18.3. The van der Waals surface area contributed by atoms with E-state index in [2.05, 4.69) is 19.6 Å². The van der Waals surface area contributed by atoms with Gasteiger partial charge in [0.2, 0.25) is 0 Å². The zero-order chi connectivity index (χ0) is 15.5. The number of ether oxygens (including phenoxy) is 1. The van der Waals surface area contributed by atoms with E-state index in [4.69, 9.17) is 16.3 Å². The molecule has 3 heterocycles. The molecular formula is C13H14ClN5O2S. The fourth-order valence-electron chi connectivity index (χ4n) is 2.30. The average molecular weight is 340 g/mol. The Morgan fingerprint density at radius 3 is 2.91 bits per heavy atom. The van der Waals surface area contributed by atoms with Crippen LogP contribution in [-0.2, 0) is 0 Å². The third-order valence-corrected chi connectivity index (χ3v) is 4.39. The molecule has 1 aliphatic heterocycles. The number of halogens is 1. The summed E-state index contributed by atoms with van der Waals surface area (Å²) in [6, 6.07) is 0.277. The number of likely N-dealkylation sites (tertiary alicyclic amines) is 1. The van der Waals surface area contributed by atoms with Crippen LogP contribution in [0.15, 0.2) is 12.4 Å². The van der Waals surface area contributed by atoms with Crippen LogP contribution in [0.2, 0.25) is 5.02 Å². The summed E-state index contributed by atoms with van der Waals surface area (Å²) in [4.78, 5) is 22.9. The summed E-state index contributed by atoms with van der Waals surface area (Å²) in [6.45, 7) is 3.00. The van der Waals surface area contributed by atoms with Crippen molar-refractivity contribution < 1.29 is 9.53 Å². The fourth-order valence-corrected chi connectivity index (χ4v) is 3.02. The van der Waals surface area contributed by atoms with E-state index in [1.807, 2.05) is 0 Å². The lowest BCUT2D eigenvalue weighted by atomic mass is 10.1. The number of nitrogens with zero attached hydrogens (tertiary/aromatic N) is 5. The molecule has 0 N–H and O–H groups in total. The third kappa shape index (κ3) is 3.33. The first-order valence-electron chi connectivity index (χ1n) is 6.86. The Balaban J connectivity index is 1.65. The average Bonchev–Trinajstić information content (AvgIpc) is 2.95. The van der Waals surface area contributed by atoms with Gasteiger partial charge in [-0.2, -0.15) is 0 Å². The second-order valence-corrected chi connectivity index (χ2v) is 6.20. The molecule has 7 nitrogen and oxygen atoms in total. The van der Waals surface area contributed by atoms with Crippen LogP contribution in [-0.4, -0.2) is 49.6 Å². The summed E-state index contributed by atoms with van der Waals surface area (Å²) >= 11 is 6.87. The van der Waals surface area contributed by atoms with Gasteiger partial charge in [-0.25, -0.2) is 9.97 Å². The molecule has 0 spiro atoms. The molecule has 116 valence electrons. The Bertz CT molecular complexity index is 663. The van der Waals surface area contributed by atoms with Gasteiger partial charge in [0.1, 0.15) is 11.0 Å². The molecular weight excluding hydrogens is 326 g/mol. The van der Waals surface area contributed by atoms with E-state index in [0.717, 1.165) is 24.4 Å². The molecule has 22 heavy (non-hydrogen) atoms. The largest absolute Gasteiger partial charge is 0.458 e. The lowest BCUT2D eigenvalue weighted by Crippen LogP contribution is -2.44. The Kier molecular flexibility index (Phi) is 4.49. The molecule has 0 aromatic carbocycles. The molecule has 2 aromatic rings. The van der Waals surface area contributed by atoms with Crippen molar-refractivity contribution in [1.82, 2.24) is 24.5 Å². The summed E-state index contributed by atoms with van der Waals surface area (Å²) in [6.07, 6.45) is 4.58. The van der Waals surface area contributed by atoms with E-state index >= 15 is 0 Å². The highest BCUT2D eigenvalue weighted by Gasteiger charge is 2.28. The third-order valence-electron chi connectivity index (χ3n) is 3.38. The second kappa shape index (κ2) is 6.53. The van der Waals surface area contributed by atoms with Crippen LogP contribution in [0.1, 0.15) is 28.2 Å².